The lowest BCUT2D eigenvalue weighted by atomic mass is 9.99. The van der Waals surface area contributed by atoms with Gasteiger partial charge in [-0.2, -0.15) is 0 Å². The Hall–Kier alpha value is -1.40. The van der Waals surface area contributed by atoms with Gasteiger partial charge in [0.15, 0.2) is 0 Å². The maximum absolute atomic E-state index is 12.4. The minimum Gasteiger partial charge on any atom is -0.352 e. The summed E-state index contributed by atoms with van der Waals surface area (Å²) in [6.45, 7) is 6.71. The third-order valence-corrected chi connectivity index (χ3v) is 5.54. The minimum absolute atomic E-state index is 0.105. The lowest BCUT2D eigenvalue weighted by Gasteiger charge is -2.16. The first-order chi connectivity index (χ1) is 10.9. The van der Waals surface area contributed by atoms with E-state index >= 15 is 0 Å². The largest absolute Gasteiger partial charge is 0.352 e. The van der Waals surface area contributed by atoms with E-state index in [0.717, 1.165) is 31.2 Å². The Kier molecular flexibility index (Phi) is 7.72. The molecule has 1 amide bonds. The number of unbranched alkanes of at least 4 members (excludes halogenated alkanes) is 1. The normalized spacial score (nSPS) is 12.9. The smallest absolute Gasteiger partial charge is 0.251 e. The Morgan fingerprint density at radius 1 is 1.26 bits per heavy atom. The van der Waals surface area contributed by atoms with Crippen LogP contribution in [0.4, 0.5) is 0 Å². The monoisotopic (exact) mass is 340 g/mol. The van der Waals surface area contributed by atoms with Crippen molar-refractivity contribution in [3.05, 3.63) is 29.3 Å². The summed E-state index contributed by atoms with van der Waals surface area (Å²) in [7, 11) is -2.19. The number of aryl methyl sites for hydroxylation is 1. The molecule has 5 nitrogen and oxygen atoms in total. The van der Waals surface area contributed by atoms with Crippen molar-refractivity contribution in [2.45, 2.75) is 51.3 Å². The number of nitrogens with one attached hydrogen (secondary N) is 2. The van der Waals surface area contributed by atoms with E-state index in [1.807, 2.05) is 0 Å². The molecule has 0 aliphatic carbocycles. The first-order valence-electron chi connectivity index (χ1n) is 8.18. The Labute approximate surface area is 139 Å². The van der Waals surface area contributed by atoms with Crippen LogP contribution >= 0.6 is 0 Å². The van der Waals surface area contributed by atoms with E-state index in [2.05, 4.69) is 23.9 Å². The highest BCUT2D eigenvalue weighted by atomic mass is 32.2. The summed E-state index contributed by atoms with van der Waals surface area (Å²) in [5.74, 6) is 0.244. The van der Waals surface area contributed by atoms with Crippen molar-refractivity contribution in [3.63, 3.8) is 0 Å². The van der Waals surface area contributed by atoms with Crippen molar-refractivity contribution < 1.29 is 13.2 Å². The summed E-state index contributed by atoms with van der Waals surface area (Å²) in [6, 6.07) is 4.60. The van der Waals surface area contributed by atoms with Gasteiger partial charge in [0.2, 0.25) is 10.0 Å². The van der Waals surface area contributed by atoms with E-state index in [-0.39, 0.29) is 10.8 Å². The molecule has 0 aliphatic heterocycles. The average Bonchev–Trinajstić information content (AvgIpc) is 2.55. The second-order valence-electron chi connectivity index (χ2n) is 5.81. The molecule has 2 N–H and O–H groups in total. The Morgan fingerprint density at radius 2 is 1.96 bits per heavy atom. The first kappa shape index (κ1) is 19.6. The molecule has 0 saturated heterocycles. The summed E-state index contributed by atoms with van der Waals surface area (Å²) in [5.41, 5.74) is 1.17. The first-order valence-corrected chi connectivity index (χ1v) is 9.66. The molecule has 6 heteroatoms. The predicted molar refractivity (Wildman–Crippen MR) is 93.1 cm³/mol. The van der Waals surface area contributed by atoms with Crippen LogP contribution in [0, 0.1) is 12.8 Å². The van der Waals surface area contributed by atoms with Gasteiger partial charge in [0.1, 0.15) is 0 Å². The highest BCUT2D eigenvalue weighted by Crippen LogP contribution is 2.16. The molecule has 0 unspecified atom stereocenters. The van der Waals surface area contributed by atoms with Crippen LogP contribution in [0.1, 0.15) is 55.5 Å². The molecule has 130 valence electrons. The molecule has 0 radical (unpaired) electrons. The maximum atomic E-state index is 12.4. The van der Waals surface area contributed by atoms with Crippen LogP contribution < -0.4 is 10.0 Å². The van der Waals surface area contributed by atoms with Gasteiger partial charge < -0.3 is 5.32 Å². The topological polar surface area (TPSA) is 75.3 Å². The van der Waals surface area contributed by atoms with Crippen molar-refractivity contribution in [1.82, 2.24) is 10.0 Å². The number of benzene rings is 1. The molecule has 0 spiro atoms. The third kappa shape index (κ3) is 5.62. The summed E-state index contributed by atoms with van der Waals surface area (Å²) < 4.78 is 26.0. The number of hydrogen-bond acceptors (Lipinski definition) is 3. The fraction of sp³-hybridized carbons (Fsp3) is 0.588. The van der Waals surface area contributed by atoms with E-state index in [0.29, 0.717) is 18.0 Å². The molecule has 0 saturated carbocycles. The van der Waals surface area contributed by atoms with Gasteiger partial charge in [-0.1, -0.05) is 39.2 Å². The van der Waals surface area contributed by atoms with Gasteiger partial charge >= 0.3 is 0 Å². The maximum Gasteiger partial charge on any atom is 0.251 e. The lowest BCUT2D eigenvalue weighted by molar-refractivity contribution is 0.0945. The second-order valence-corrected chi connectivity index (χ2v) is 7.70. The molecule has 1 atom stereocenters. The van der Waals surface area contributed by atoms with Gasteiger partial charge in [-0.25, -0.2) is 13.1 Å². The van der Waals surface area contributed by atoms with Crippen LogP contribution in [0.15, 0.2) is 23.1 Å². The molecule has 0 aromatic heterocycles. The van der Waals surface area contributed by atoms with Crippen LogP contribution in [0.2, 0.25) is 0 Å². The molecule has 23 heavy (non-hydrogen) atoms. The second kappa shape index (κ2) is 9.03. The molecule has 1 rings (SSSR count). The van der Waals surface area contributed by atoms with Crippen LogP contribution in [0.5, 0.6) is 0 Å². The molecule has 0 aliphatic rings. The summed E-state index contributed by atoms with van der Waals surface area (Å²) >= 11 is 0. The summed E-state index contributed by atoms with van der Waals surface area (Å²) in [6.07, 6.45) is 4.42. The van der Waals surface area contributed by atoms with E-state index in [1.165, 1.54) is 19.2 Å². The van der Waals surface area contributed by atoms with Gasteiger partial charge in [-0.05, 0) is 44.0 Å². The van der Waals surface area contributed by atoms with Gasteiger partial charge in [0, 0.05) is 12.1 Å². The van der Waals surface area contributed by atoms with Gasteiger partial charge in [0.05, 0.1) is 4.90 Å². The fourth-order valence-corrected chi connectivity index (χ4v) is 3.16. The SMILES string of the molecule is CCCC[C@H](CC)CNC(=O)c1cc(S(=O)(=O)NC)ccc1C. The average molecular weight is 340 g/mol. The zero-order chi connectivity index (χ0) is 17.5. The number of hydrogen-bond donors (Lipinski definition) is 2. The molecular weight excluding hydrogens is 312 g/mol. The summed E-state index contributed by atoms with van der Waals surface area (Å²) in [4.78, 5) is 12.5. The summed E-state index contributed by atoms with van der Waals surface area (Å²) in [5, 5.41) is 2.94. The number of rotatable bonds is 9. The van der Waals surface area contributed by atoms with Crippen molar-refractivity contribution >= 4 is 15.9 Å². The fourth-order valence-electron chi connectivity index (χ4n) is 2.41. The number of carbonyl (C=O) groups excluding carboxylic acids is 1. The lowest BCUT2D eigenvalue weighted by Crippen LogP contribution is -2.30. The highest BCUT2D eigenvalue weighted by Gasteiger charge is 2.17. The van der Waals surface area contributed by atoms with E-state index in [1.54, 1.807) is 13.0 Å². The Morgan fingerprint density at radius 3 is 2.52 bits per heavy atom. The van der Waals surface area contributed by atoms with Crippen molar-refractivity contribution in [1.29, 1.82) is 0 Å². The standard InChI is InChI=1S/C17H28N2O3S/c1-5-7-8-14(6-2)12-19-17(20)16-11-15(10-9-13(16)3)23(21,22)18-4/h9-11,14,18H,5-8,12H2,1-4H3,(H,19,20)/t14-/m0/s1. The van der Waals surface area contributed by atoms with Crippen molar-refractivity contribution in [2.75, 3.05) is 13.6 Å². The molecule has 1 aromatic carbocycles. The predicted octanol–water partition coefficient (Wildman–Crippen LogP) is 2.85. The molecule has 0 bridgehead atoms. The van der Waals surface area contributed by atoms with Gasteiger partial charge in [-0.15, -0.1) is 0 Å². The highest BCUT2D eigenvalue weighted by molar-refractivity contribution is 7.89. The Balaban J connectivity index is 2.85. The van der Waals surface area contributed by atoms with E-state index in [9.17, 15) is 13.2 Å². The van der Waals surface area contributed by atoms with Gasteiger partial charge in [0.25, 0.3) is 5.91 Å². The van der Waals surface area contributed by atoms with Crippen molar-refractivity contribution in [2.24, 2.45) is 5.92 Å². The molecule has 1 aromatic rings. The van der Waals surface area contributed by atoms with Crippen LogP contribution in [-0.4, -0.2) is 27.9 Å². The zero-order valence-electron chi connectivity index (χ0n) is 14.5. The molecule has 0 heterocycles. The third-order valence-electron chi connectivity index (χ3n) is 4.13. The molecule has 0 fully saturated rings. The minimum atomic E-state index is -3.55. The van der Waals surface area contributed by atoms with Gasteiger partial charge in [-0.3, -0.25) is 4.79 Å². The van der Waals surface area contributed by atoms with Crippen LogP contribution in [-0.2, 0) is 10.0 Å². The van der Waals surface area contributed by atoms with E-state index < -0.39 is 10.0 Å². The van der Waals surface area contributed by atoms with Crippen molar-refractivity contribution in [3.8, 4) is 0 Å². The number of sulfonamides is 1. The van der Waals surface area contributed by atoms with Crippen LogP contribution in [0.25, 0.3) is 0 Å². The quantitative estimate of drug-likeness (QED) is 0.726. The van der Waals surface area contributed by atoms with E-state index in [4.69, 9.17) is 0 Å². The van der Waals surface area contributed by atoms with Crippen LogP contribution in [0.3, 0.4) is 0 Å². The number of carbonyl (C=O) groups is 1. The number of amides is 1. The Bertz CT molecular complexity index is 627. The molecular formula is C17H28N2O3S. The zero-order valence-corrected chi connectivity index (χ0v) is 15.3.